The van der Waals surface area contributed by atoms with Crippen LogP contribution in [0.15, 0.2) is 12.1 Å². The van der Waals surface area contributed by atoms with Crippen molar-refractivity contribution < 1.29 is 4.74 Å². The fourth-order valence-corrected chi connectivity index (χ4v) is 1.76. The van der Waals surface area contributed by atoms with Crippen LogP contribution in [0.5, 0.6) is 5.75 Å². The van der Waals surface area contributed by atoms with E-state index in [2.05, 4.69) is 45.1 Å². The molecule has 0 aliphatic heterocycles. The molecular formula is C14H24N2O. The van der Waals surface area contributed by atoms with Gasteiger partial charge in [0.1, 0.15) is 5.75 Å². The van der Waals surface area contributed by atoms with E-state index in [9.17, 15) is 0 Å². The highest BCUT2D eigenvalue weighted by atomic mass is 16.5. The summed E-state index contributed by atoms with van der Waals surface area (Å²) in [4.78, 5) is 0. The number of anilines is 1. The van der Waals surface area contributed by atoms with Gasteiger partial charge in [0, 0.05) is 6.54 Å². The van der Waals surface area contributed by atoms with Crippen LogP contribution in [0.3, 0.4) is 0 Å². The summed E-state index contributed by atoms with van der Waals surface area (Å²) >= 11 is 0. The molecule has 0 amide bonds. The zero-order valence-corrected chi connectivity index (χ0v) is 11.6. The lowest BCUT2D eigenvalue weighted by molar-refractivity contribution is 0.398. The highest BCUT2D eigenvalue weighted by molar-refractivity contribution is 5.61. The summed E-state index contributed by atoms with van der Waals surface area (Å²) in [5, 5.41) is 3.43. The molecule has 0 saturated heterocycles. The largest absolute Gasteiger partial charge is 0.494 e. The molecule has 0 unspecified atom stereocenters. The smallest absolute Gasteiger partial charge is 0.144 e. The predicted molar refractivity (Wildman–Crippen MR) is 73.8 cm³/mol. The average molecular weight is 236 g/mol. The van der Waals surface area contributed by atoms with Crippen LogP contribution < -0.4 is 15.8 Å². The Morgan fingerprint density at radius 2 is 1.94 bits per heavy atom. The van der Waals surface area contributed by atoms with Gasteiger partial charge >= 0.3 is 0 Å². The van der Waals surface area contributed by atoms with Gasteiger partial charge in [0.25, 0.3) is 0 Å². The monoisotopic (exact) mass is 236 g/mol. The maximum Gasteiger partial charge on any atom is 0.144 e. The molecule has 3 heteroatoms. The fraction of sp³-hybridized carbons (Fsp3) is 0.571. The van der Waals surface area contributed by atoms with Crippen LogP contribution in [-0.2, 0) is 0 Å². The highest BCUT2D eigenvalue weighted by Gasteiger charge is 2.16. The van der Waals surface area contributed by atoms with Crippen molar-refractivity contribution in [1.29, 1.82) is 0 Å². The van der Waals surface area contributed by atoms with Crippen molar-refractivity contribution in [3.05, 3.63) is 23.3 Å². The zero-order chi connectivity index (χ0) is 13.1. The normalized spacial score (nSPS) is 11.4. The van der Waals surface area contributed by atoms with Crippen molar-refractivity contribution in [2.45, 2.75) is 27.7 Å². The first-order chi connectivity index (χ1) is 7.89. The number of rotatable bonds is 5. The van der Waals surface area contributed by atoms with E-state index < -0.39 is 0 Å². The second-order valence-corrected chi connectivity index (χ2v) is 5.38. The number of nitrogens with one attached hydrogen (secondary N) is 1. The van der Waals surface area contributed by atoms with Gasteiger partial charge in [-0.1, -0.05) is 19.9 Å². The molecule has 0 radical (unpaired) electrons. The van der Waals surface area contributed by atoms with Crippen molar-refractivity contribution in [1.82, 2.24) is 0 Å². The van der Waals surface area contributed by atoms with E-state index >= 15 is 0 Å². The molecule has 96 valence electrons. The van der Waals surface area contributed by atoms with E-state index in [0.717, 1.165) is 23.5 Å². The number of ether oxygens (including phenoxy) is 1. The van der Waals surface area contributed by atoms with E-state index in [1.54, 1.807) is 7.11 Å². The third-order valence-electron chi connectivity index (χ3n) is 2.93. The Morgan fingerprint density at radius 1 is 1.29 bits per heavy atom. The van der Waals surface area contributed by atoms with Gasteiger partial charge in [-0.3, -0.25) is 0 Å². The van der Waals surface area contributed by atoms with Crippen molar-refractivity contribution in [2.75, 3.05) is 25.5 Å². The number of hydrogen-bond donors (Lipinski definition) is 2. The minimum atomic E-state index is 0.0860. The lowest BCUT2D eigenvalue weighted by Crippen LogP contribution is -2.31. The maximum absolute atomic E-state index is 5.73. The van der Waals surface area contributed by atoms with Crippen LogP contribution in [0.4, 0.5) is 5.69 Å². The molecule has 17 heavy (non-hydrogen) atoms. The lowest BCUT2D eigenvalue weighted by Gasteiger charge is -2.24. The number of aryl methyl sites for hydroxylation is 2. The topological polar surface area (TPSA) is 47.3 Å². The molecular weight excluding hydrogens is 212 g/mol. The summed E-state index contributed by atoms with van der Waals surface area (Å²) < 4.78 is 5.44. The Kier molecular flexibility index (Phi) is 4.40. The molecule has 1 rings (SSSR count). The van der Waals surface area contributed by atoms with Gasteiger partial charge in [0.05, 0.1) is 12.8 Å². The summed E-state index contributed by atoms with van der Waals surface area (Å²) in [6.45, 7) is 9.94. The fourth-order valence-electron chi connectivity index (χ4n) is 1.76. The molecule has 0 aliphatic carbocycles. The Morgan fingerprint density at radius 3 is 2.47 bits per heavy atom. The van der Waals surface area contributed by atoms with Gasteiger partial charge in [-0.15, -0.1) is 0 Å². The first-order valence-corrected chi connectivity index (χ1v) is 5.99. The van der Waals surface area contributed by atoms with Gasteiger partial charge in [0.2, 0.25) is 0 Å². The highest BCUT2D eigenvalue weighted by Crippen LogP contribution is 2.30. The zero-order valence-electron chi connectivity index (χ0n) is 11.6. The van der Waals surface area contributed by atoms with Crippen molar-refractivity contribution in [3.63, 3.8) is 0 Å². The van der Waals surface area contributed by atoms with Crippen molar-refractivity contribution in [2.24, 2.45) is 11.1 Å². The Hall–Kier alpha value is -1.22. The Bertz CT molecular complexity index is 386. The summed E-state index contributed by atoms with van der Waals surface area (Å²) in [5.74, 6) is 0.920. The summed E-state index contributed by atoms with van der Waals surface area (Å²) in [6, 6.07) is 4.23. The van der Waals surface area contributed by atoms with E-state index in [0.29, 0.717) is 6.54 Å². The quantitative estimate of drug-likeness (QED) is 0.826. The first kappa shape index (κ1) is 13.8. The average Bonchev–Trinajstić information content (AvgIpc) is 2.26. The van der Waals surface area contributed by atoms with Crippen LogP contribution in [0.1, 0.15) is 25.0 Å². The van der Waals surface area contributed by atoms with Crippen LogP contribution in [0.25, 0.3) is 0 Å². The first-order valence-electron chi connectivity index (χ1n) is 5.99. The van der Waals surface area contributed by atoms with Crippen LogP contribution in [0, 0.1) is 19.3 Å². The SMILES string of the molecule is COc1c(C)cc(C)cc1NCC(C)(C)CN. The van der Waals surface area contributed by atoms with Crippen molar-refractivity contribution >= 4 is 5.69 Å². The molecule has 0 atom stereocenters. The van der Waals surface area contributed by atoms with Crippen LogP contribution in [-0.4, -0.2) is 20.2 Å². The molecule has 1 aromatic carbocycles. The standard InChI is InChI=1S/C14H24N2O/c1-10-6-11(2)13(17-5)12(7-10)16-9-14(3,4)8-15/h6-7,16H,8-9,15H2,1-5H3. The predicted octanol–water partition coefficient (Wildman–Crippen LogP) is 2.71. The molecule has 0 fully saturated rings. The molecule has 0 aliphatic rings. The molecule has 3 nitrogen and oxygen atoms in total. The van der Waals surface area contributed by atoms with Gasteiger partial charge in [-0.25, -0.2) is 0 Å². The van der Waals surface area contributed by atoms with E-state index in [1.165, 1.54) is 5.56 Å². The van der Waals surface area contributed by atoms with Crippen molar-refractivity contribution in [3.8, 4) is 5.75 Å². The number of nitrogens with two attached hydrogens (primary N) is 1. The van der Waals surface area contributed by atoms with Crippen LogP contribution in [0.2, 0.25) is 0 Å². The third-order valence-corrected chi connectivity index (χ3v) is 2.93. The number of methoxy groups -OCH3 is 1. The minimum absolute atomic E-state index is 0.0860. The molecule has 0 spiro atoms. The van der Waals surface area contributed by atoms with E-state index in [4.69, 9.17) is 10.5 Å². The third kappa shape index (κ3) is 3.63. The van der Waals surface area contributed by atoms with Gasteiger partial charge in [-0.2, -0.15) is 0 Å². The minimum Gasteiger partial charge on any atom is -0.494 e. The number of hydrogen-bond acceptors (Lipinski definition) is 3. The summed E-state index contributed by atoms with van der Waals surface area (Å²) in [7, 11) is 1.71. The van der Waals surface area contributed by atoms with Gasteiger partial charge in [-0.05, 0) is 43.0 Å². The Balaban J connectivity index is 2.90. The lowest BCUT2D eigenvalue weighted by atomic mass is 9.93. The molecule has 0 bridgehead atoms. The second-order valence-electron chi connectivity index (χ2n) is 5.38. The molecule has 3 N–H and O–H groups in total. The molecule has 1 aromatic rings. The van der Waals surface area contributed by atoms with E-state index in [-0.39, 0.29) is 5.41 Å². The second kappa shape index (κ2) is 5.41. The Labute approximate surface area is 104 Å². The van der Waals surface area contributed by atoms with Crippen LogP contribution >= 0.6 is 0 Å². The summed E-state index contributed by atoms with van der Waals surface area (Å²) in [6.07, 6.45) is 0. The maximum atomic E-state index is 5.73. The van der Waals surface area contributed by atoms with Gasteiger partial charge in [0.15, 0.2) is 0 Å². The summed E-state index contributed by atoms with van der Waals surface area (Å²) in [5.41, 5.74) is 9.25. The number of benzene rings is 1. The van der Waals surface area contributed by atoms with E-state index in [1.807, 2.05) is 0 Å². The molecule has 0 saturated carbocycles. The van der Waals surface area contributed by atoms with Gasteiger partial charge < -0.3 is 15.8 Å². The molecule has 0 heterocycles. The molecule has 0 aromatic heterocycles.